The van der Waals surface area contributed by atoms with Crippen LogP contribution in [0.2, 0.25) is 0 Å². The first-order valence-electron chi connectivity index (χ1n) is 7.25. The summed E-state index contributed by atoms with van der Waals surface area (Å²) in [5.41, 5.74) is 0.216. The zero-order valence-corrected chi connectivity index (χ0v) is 8.10. The number of H-pyrrole nitrogens is 1. The molecule has 1 saturated heterocycles. The minimum absolute atomic E-state index is 0.0770. The molecule has 80 valence electrons. The van der Waals surface area contributed by atoms with E-state index in [0.717, 1.165) is 0 Å². The quantitative estimate of drug-likeness (QED) is 0.710. The van der Waals surface area contributed by atoms with Crippen LogP contribution in [0.5, 0.6) is 0 Å². The maximum absolute atomic E-state index is 11.8. The van der Waals surface area contributed by atoms with Gasteiger partial charge in [-0.25, -0.2) is 0 Å². The summed E-state index contributed by atoms with van der Waals surface area (Å²) < 4.78 is 39.0. The third-order valence-electron chi connectivity index (χ3n) is 2.60. The molecule has 1 fully saturated rings. The van der Waals surface area contributed by atoms with Gasteiger partial charge in [-0.15, -0.1) is 0 Å². The molecule has 2 N–H and O–H groups in total. The fraction of sp³-hybridized carbons (Fsp3) is 0.167. The first kappa shape index (κ1) is 5.30. The highest BCUT2D eigenvalue weighted by Crippen LogP contribution is 2.30. The molecular weight excluding hydrogens is 204 g/mol. The second kappa shape index (κ2) is 3.20. The minimum atomic E-state index is -0.904. The lowest BCUT2D eigenvalue weighted by molar-refractivity contribution is -0.125. The summed E-state index contributed by atoms with van der Waals surface area (Å²) in [6.07, 6.45) is -0.299. The first-order chi connectivity index (χ1) is 9.82. The lowest BCUT2D eigenvalue weighted by Crippen LogP contribution is -2.21. The molecule has 1 aromatic heterocycles. The van der Waals surface area contributed by atoms with Gasteiger partial charge in [-0.2, -0.15) is 0 Å². The van der Waals surface area contributed by atoms with Gasteiger partial charge in [0.2, 0.25) is 11.8 Å². The molecule has 1 aromatic carbocycles. The van der Waals surface area contributed by atoms with Crippen molar-refractivity contribution in [1.29, 1.82) is 0 Å². The van der Waals surface area contributed by atoms with Crippen molar-refractivity contribution in [2.24, 2.45) is 0 Å². The van der Waals surface area contributed by atoms with Crippen LogP contribution in [-0.4, -0.2) is 16.8 Å². The predicted molar refractivity (Wildman–Crippen MR) is 58.8 cm³/mol. The maximum Gasteiger partial charge on any atom is 0.234 e. The average Bonchev–Trinajstić information content (AvgIpc) is 2.93. The first-order valence-corrected chi connectivity index (χ1v) is 4.75. The van der Waals surface area contributed by atoms with Crippen molar-refractivity contribution >= 4 is 22.7 Å². The molecule has 0 saturated carbocycles. The lowest BCUT2D eigenvalue weighted by Gasteiger charge is -2.03. The Morgan fingerprint density at radius 1 is 1.31 bits per heavy atom. The van der Waals surface area contributed by atoms with Crippen molar-refractivity contribution in [3.8, 4) is 0 Å². The predicted octanol–water partition coefficient (Wildman–Crippen LogP) is 1.30. The molecule has 0 radical (unpaired) electrons. The van der Waals surface area contributed by atoms with Crippen LogP contribution in [0.1, 0.15) is 24.8 Å². The van der Waals surface area contributed by atoms with E-state index in [9.17, 15) is 9.59 Å². The fourth-order valence-electron chi connectivity index (χ4n) is 1.85. The van der Waals surface area contributed by atoms with Gasteiger partial charge >= 0.3 is 0 Å². The molecule has 0 spiro atoms. The number of fused-ring (bicyclic) bond motifs is 1. The van der Waals surface area contributed by atoms with E-state index in [2.05, 4.69) is 10.3 Å². The van der Waals surface area contributed by atoms with E-state index in [1.807, 2.05) is 0 Å². The van der Waals surface area contributed by atoms with Crippen LogP contribution in [-0.2, 0) is 9.59 Å². The summed E-state index contributed by atoms with van der Waals surface area (Å²) in [4.78, 5) is 25.7. The number of aromatic nitrogens is 1. The van der Waals surface area contributed by atoms with Gasteiger partial charge in [-0.1, -0.05) is 18.1 Å². The molecular formula is C12H10N2O2. The number of hydrogen-bond acceptors (Lipinski definition) is 2. The van der Waals surface area contributed by atoms with E-state index in [0.29, 0.717) is 0 Å². The van der Waals surface area contributed by atoms with Gasteiger partial charge in [0.25, 0.3) is 0 Å². The minimum Gasteiger partial charge on any atom is -0.361 e. The highest BCUT2D eigenvalue weighted by Gasteiger charge is 2.33. The number of benzene rings is 1. The molecule has 1 aliphatic rings. The Bertz CT molecular complexity index is 814. The summed E-state index contributed by atoms with van der Waals surface area (Å²) in [7, 11) is 0. The highest BCUT2D eigenvalue weighted by atomic mass is 16.2. The summed E-state index contributed by atoms with van der Waals surface area (Å²) in [6.45, 7) is 0. The number of carbonyl (C=O) groups excluding carboxylic acids is 2. The number of aromatic amines is 1. The van der Waals surface area contributed by atoms with Gasteiger partial charge in [0.05, 0.1) is 12.8 Å². The molecule has 3 rings (SSSR count). The molecule has 4 heteroatoms. The molecule has 1 atom stereocenters. The van der Waals surface area contributed by atoms with Crippen LogP contribution in [0.15, 0.2) is 30.3 Å². The molecule has 16 heavy (non-hydrogen) atoms. The molecule has 2 aromatic rings. The molecule has 2 amide bonds. The van der Waals surface area contributed by atoms with Crippen molar-refractivity contribution in [3.63, 3.8) is 0 Å². The number of hydrogen-bond donors (Lipinski definition) is 2. The van der Waals surface area contributed by atoms with Crippen LogP contribution in [0.25, 0.3) is 10.9 Å². The van der Waals surface area contributed by atoms with Crippen LogP contribution in [0.3, 0.4) is 0 Å². The van der Waals surface area contributed by atoms with Crippen LogP contribution < -0.4 is 5.32 Å². The van der Waals surface area contributed by atoms with Gasteiger partial charge < -0.3 is 4.98 Å². The average molecular weight is 219 g/mol. The van der Waals surface area contributed by atoms with Crippen molar-refractivity contribution in [3.05, 3.63) is 35.9 Å². The molecule has 1 unspecified atom stereocenters. The van der Waals surface area contributed by atoms with Crippen LogP contribution >= 0.6 is 0 Å². The Hall–Kier alpha value is -2.10. The van der Waals surface area contributed by atoms with E-state index in [-0.39, 0.29) is 41.1 Å². The number of rotatable bonds is 1. The summed E-state index contributed by atoms with van der Waals surface area (Å²) in [5, 5.41) is 2.24. The third-order valence-corrected chi connectivity index (χ3v) is 2.60. The topological polar surface area (TPSA) is 62.0 Å². The number of imide groups is 1. The number of carbonyl (C=O) groups is 2. The summed E-state index contributed by atoms with van der Waals surface area (Å²) in [6, 6.07) is -1.46. The van der Waals surface area contributed by atoms with Crippen molar-refractivity contribution < 1.29 is 16.4 Å². The molecule has 2 heterocycles. The van der Waals surface area contributed by atoms with Crippen molar-refractivity contribution in [2.45, 2.75) is 12.3 Å². The van der Waals surface area contributed by atoms with Gasteiger partial charge in [0.15, 0.2) is 0 Å². The zero-order valence-electron chi connectivity index (χ0n) is 13.1. The third kappa shape index (κ3) is 1.23. The van der Waals surface area contributed by atoms with E-state index >= 15 is 0 Å². The highest BCUT2D eigenvalue weighted by molar-refractivity contribution is 6.07. The zero-order chi connectivity index (χ0) is 15.5. The molecule has 1 aliphatic heterocycles. The van der Waals surface area contributed by atoms with Crippen LogP contribution in [0, 0.1) is 0 Å². The molecule has 4 nitrogen and oxygen atoms in total. The SMILES string of the molecule is [2H]c1[nH]c2c([2H])c([2H])c([2H])c([2H])c2c1C1CC(=O)NC1=O. The second-order valence-electron chi connectivity index (χ2n) is 3.58. The van der Waals surface area contributed by atoms with Gasteiger partial charge in [0.1, 0.15) is 0 Å². The van der Waals surface area contributed by atoms with Crippen molar-refractivity contribution in [1.82, 2.24) is 10.3 Å². The number of para-hydroxylation sites is 1. The molecule has 0 aliphatic carbocycles. The number of amides is 2. The Kier molecular flexibility index (Phi) is 1.06. The van der Waals surface area contributed by atoms with Crippen LogP contribution in [0.4, 0.5) is 0 Å². The smallest absolute Gasteiger partial charge is 0.234 e. The second-order valence-corrected chi connectivity index (χ2v) is 3.58. The van der Waals surface area contributed by atoms with E-state index in [1.54, 1.807) is 0 Å². The van der Waals surface area contributed by atoms with Gasteiger partial charge in [-0.3, -0.25) is 14.9 Å². The number of nitrogens with one attached hydrogen (secondary N) is 2. The monoisotopic (exact) mass is 219 g/mol. The summed E-state index contributed by atoms with van der Waals surface area (Å²) >= 11 is 0. The lowest BCUT2D eigenvalue weighted by atomic mass is 9.97. The maximum atomic E-state index is 11.8. The van der Waals surface area contributed by atoms with Gasteiger partial charge in [0, 0.05) is 23.5 Å². The van der Waals surface area contributed by atoms with E-state index in [4.69, 9.17) is 6.85 Å². The molecule has 0 bridgehead atoms. The Labute approximate surface area is 98.7 Å². The van der Waals surface area contributed by atoms with E-state index in [1.165, 1.54) is 0 Å². The largest absolute Gasteiger partial charge is 0.361 e. The van der Waals surface area contributed by atoms with E-state index < -0.39 is 29.8 Å². The Balaban J connectivity index is 2.37. The van der Waals surface area contributed by atoms with Crippen molar-refractivity contribution in [2.75, 3.05) is 0 Å². The fourth-order valence-corrected chi connectivity index (χ4v) is 1.85. The Morgan fingerprint density at radius 3 is 2.88 bits per heavy atom. The summed E-state index contributed by atoms with van der Waals surface area (Å²) in [5.74, 6) is -1.92. The normalized spacial score (nSPS) is 24.8. The van der Waals surface area contributed by atoms with Gasteiger partial charge in [-0.05, 0) is 11.6 Å². The standard InChI is InChI=1S/C12H10N2O2/c15-11-5-8(12(16)14-11)9-6-13-10-4-2-1-3-7(9)10/h1-4,6,8,13H,5H2,(H,14,15,16)/i1D,2D,3D,4D,6D. The Morgan fingerprint density at radius 2 is 2.12 bits per heavy atom.